The maximum Gasteiger partial charge on any atom is 0.335 e. The number of nitrogens with zero attached hydrogens (tertiary/aromatic N) is 1. The number of barbiturate groups is 1. The van der Waals surface area contributed by atoms with Gasteiger partial charge in [-0.3, -0.25) is 14.9 Å². The average molecular weight is 670 g/mol. The molecule has 0 atom stereocenters. The molecule has 0 radical (unpaired) electrons. The van der Waals surface area contributed by atoms with E-state index in [1.54, 1.807) is 24.3 Å². The molecule has 0 spiro atoms. The van der Waals surface area contributed by atoms with Crippen molar-refractivity contribution in [3.63, 3.8) is 0 Å². The molecule has 1 N–H and O–H groups in total. The minimum atomic E-state index is -0.836. The van der Waals surface area contributed by atoms with Crippen LogP contribution in [0.25, 0.3) is 6.08 Å². The Morgan fingerprint density at radius 3 is 2.26 bits per heavy atom. The van der Waals surface area contributed by atoms with Gasteiger partial charge in [-0.2, -0.15) is 0 Å². The van der Waals surface area contributed by atoms with E-state index in [0.29, 0.717) is 25.3 Å². The van der Waals surface area contributed by atoms with E-state index in [-0.39, 0.29) is 17.9 Å². The fourth-order valence-electron chi connectivity index (χ4n) is 3.21. The molecule has 34 heavy (non-hydrogen) atoms. The van der Waals surface area contributed by atoms with Gasteiger partial charge in [-0.05, 0) is 76.1 Å². The summed E-state index contributed by atoms with van der Waals surface area (Å²) >= 11 is 16.2. The maximum atomic E-state index is 13.2. The Hall–Kier alpha value is -2.46. The quantitative estimate of drug-likeness (QED) is 0.238. The van der Waals surface area contributed by atoms with Gasteiger partial charge in [-0.25, -0.2) is 9.69 Å². The number of urea groups is 1. The minimum absolute atomic E-state index is 0.215. The van der Waals surface area contributed by atoms with Gasteiger partial charge in [-0.1, -0.05) is 55.6 Å². The molecule has 0 aromatic heterocycles. The lowest BCUT2D eigenvalue weighted by molar-refractivity contribution is -0.122. The van der Waals surface area contributed by atoms with E-state index in [4.69, 9.17) is 16.3 Å². The maximum absolute atomic E-state index is 13.2. The van der Waals surface area contributed by atoms with Crippen molar-refractivity contribution in [3.8, 4) is 5.75 Å². The number of amides is 4. The minimum Gasteiger partial charge on any atom is -0.487 e. The molecule has 1 fully saturated rings. The average Bonchev–Trinajstić information content (AvgIpc) is 2.78. The Bertz CT molecular complexity index is 1330. The number of hydrogen-bond donors (Lipinski definition) is 1. The lowest BCUT2D eigenvalue weighted by Crippen LogP contribution is -2.54. The first kappa shape index (κ1) is 24.7. The van der Waals surface area contributed by atoms with Crippen LogP contribution in [-0.4, -0.2) is 17.8 Å². The van der Waals surface area contributed by atoms with E-state index in [2.05, 4.69) is 53.1 Å². The Labute approximate surface area is 225 Å². The lowest BCUT2D eigenvalue weighted by Gasteiger charge is -2.26. The summed E-state index contributed by atoms with van der Waals surface area (Å²) in [5, 5.41) is 2.66. The number of benzene rings is 3. The predicted molar refractivity (Wildman–Crippen MR) is 141 cm³/mol. The number of imide groups is 2. The molecular formula is C24H14Br3ClN2O4. The van der Waals surface area contributed by atoms with Crippen molar-refractivity contribution < 1.29 is 19.1 Å². The van der Waals surface area contributed by atoms with E-state index >= 15 is 0 Å². The summed E-state index contributed by atoms with van der Waals surface area (Å²) in [4.78, 5) is 39.1. The zero-order chi connectivity index (χ0) is 24.4. The number of halogens is 4. The molecular weight excluding hydrogens is 655 g/mol. The van der Waals surface area contributed by atoms with Crippen LogP contribution in [0.1, 0.15) is 11.1 Å². The third kappa shape index (κ3) is 5.43. The first-order valence-electron chi connectivity index (χ1n) is 9.76. The summed E-state index contributed by atoms with van der Waals surface area (Å²) in [5.41, 5.74) is 1.48. The number of ether oxygens (including phenoxy) is 1. The highest BCUT2D eigenvalue weighted by molar-refractivity contribution is 9.11. The highest BCUT2D eigenvalue weighted by Crippen LogP contribution is 2.36. The van der Waals surface area contributed by atoms with Crippen LogP contribution >= 0.6 is 59.4 Å². The molecule has 0 aliphatic carbocycles. The smallest absolute Gasteiger partial charge is 0.335 e. The van der Waals surface area contributed by atoms with Crippen LogP contribution < -0.4 is 15.0 Å². The molecule has 172 valence electrons. The summed E-state index contributed by atoms with van der Waals surface area (Å²) in [6.07, 6.45) is 1.40. The van der Waals surface area contributed by atoms with E-state index in [0.717, 1.165) is 14.9 Å². The molecule has 0 unspecified atom stereocenters. The van der Waals surface area contributed by atoms with Gasteiger partial charge >= 0.3 is 6.03 Å². The highest BCUT2D eigenvalue weighted by atomic mass is 79.9. The van der Waals surface area contributed by atoms with Crippen molar-refractivity contribution in [1.29, 1.82) is 0 Å². The first-order chi connectivity index (χ1) is 16.2. The van der Waals surface area contributed by atoms with Crippen LogP contribution in [-0.2, 0) is 16.2 Å². The van der Waals surface area contributed by atoms with E-state index in [1.807, 2.05) is 24.3 Å². The summed E-state index contributed by atoms with van der Waals surface area (Å²) in [6.45, 7) is 0.263. The van der Waals surface area contributed by atoms with Crippen molar-refractivity contribution in [2.75, 3.05) is 4.90 Å². The summed E-state index contributed by atoms with van der Waals surface area (Å²) < 4.78 is 8.32. The molecule has 4 rings (SSSR count). The number of nitrogens with one attached hydrogen (secondary N) is 1. The van der Waals surface area contributed by atoms with Crippen LogP contribution in [0.4, 0.5) is 10.5 Å². The number of carbonyl (C=O) groups excluding carboxylic acids is 3. The molecule has 6 nitrogen and oxygen atoms in total. The van der Waals surface area contributed by atoms with Crippen molar-refractivity contribution in [2.24, 2.45) is 0 Å². The van der Waals surface area contributed by atoms with Gasteiger partial charge in [0, 0.05) is 19.5 Å². The van der Waals surface area contributed by atoms with Crippen molar-refractivity contribution in [3.05, 3.63) is 95.8 Å². The third-order valence-electron chi connectivity index (χ3n) is 4.82. The summed E-state index contributed by atoms with van der Waals surface area (Å²) in [7, 11) is 0. The van der Waals surface area contributed by atoms with Gasteiger partial charge in [0.05, 0.1) is 10.2 Å². The fourth-order valence-corrected chi connectivity index (χ4v) is 4.98. The molecule has 10 heteroatoms. The lowest BCUT2D eigenvalue weighted by atomic mass is 10.1. The van der Waals surface area contributed by atoms with Crippen LogP contribution in [0, 0.1) is 0 Å². The second-order valence-electron chi connectivity index (χ2n) is 7.16. The summed E-state index contributed by atoms with van der Waals surface area (Å²) in [6, 6.07) is 16.5. The first-order valence-corrected chi connectivity index (χ1v) is 12.5. The number of rotatable bonds is 5. The topological polar surface area (TPSA) is 75.7 Å². The van der Waals surface area contributed by atoms with Gasteiger partial charge in [0.25, 0.3) is 11.8 Å². The summed E-state index contributed by atoms with van der Waals surface area (Å²) in [5.74, 6) is -1.12. The second kappa shape index (κ2) is 10.4. The van der Waals surface area contributed by atoms with Crippen molar-refractivity contribution in [1.82, 2.24) is 5.32 Å². The molecule has 4 amide bonds. The highest BCUT2D eigenvalue weighted by Gasteiger charge is 2.37. The monoisotopic (exact) mass is 666 g/mol. The van der Waals surface area contributed by atoms with Gasteiger partial charge in [0.1, 0.15) is 17.9 Å². The molecule has 1 aliphatic heterocycles. The Morgan fingerprint density at radius 2 is 1.59 bits per heavy atom. The second-order valence-corrected chi connectivity index (χ2v) is 10.3. The van der Waals surface area contributed by atoms with E-state index < -0.39 is 17.8 Å². The molecule has 1 heterocycles. The Morgan fingerprint density at radius 1 is 0.912 bits per heavy atom. The van der Waals surface area contributed by atoms with Crippen molar-refractivity contribution >= 4 is 89.0 Å². The normalized spacial score (nSPS) is 15.0. The largest absolute Gasteiger partial charge is 0.487 e. The SMILES string of the molecule is O=C1NC(=O)N(c2ccc(Cl)cc2)C(=O)/C1=C/c1cc(Br)cc(Br)c1OCc1ccc(Br)cc1. The number of carbonyl (C=O) groups is 3. The van der Waals surface area contributed by atoms with Crippen molar-refractivity contribution in [2.45, 2.75) is 6.61 Å². The molecule has 0 bridgehead atoms. The van der Waals surface area contributed by atoms with Crippen LogP contribution in [0.3, 0.4) is 0 Å². The predicted octanol–water partition coefficient (Wildman–Crippen LogP) is 6.87. The molecule has 3 aromatic rings. The zero-order valence-corrected chi connectivity index (χ0v) is 22.7. The molecule has 3 aromatic carbocycles. The zero-order valence-electron chi connectivity index (χ0n) is 17.2. The fraction of sp³-hybridized carbons (Fsp3) is 0.0417. The molecule has 0 saturated carbocycles. The molecule has 1 saturated heterocycles. The van der Waals surface area contributed by atoms with E-state index in [9.17, 15) is 14.4 Å². The van der Waals surface area contributed by atoms with Gasteiger partial charge in [0.15, 0.2) is 0 Å². The van der Waals surface area contributed by atoms with Crippen LogP contribution in [0.5, 0.6) is 5.75 Å². The van der Waals surface area contributed by atoms with E-state index in [1.165, 1.54) is 18.2 Å². The third-order valence-corrected chi connectivity index (χ3v) is 6.65. The number of hydrogen-bond acceptors (Lipinski definition) is 4. The number of anilines is 1. The molecule has 1 aliphatic rings. The van der Waals surface area contributed by atoms with Gasteiger partial charge < -0.3 is 4.74 Å². The standard InChI is InChI=1S/C24H14Br3ClN2O4/c25-15-3-1-13(2-4-15)12-34-21-14(9-16(26)11-20(21)27)10-19-22(31)29-24(33)30(23(19)32)18-7-5-17(28)6-8-18/h1-11H,12H2,(H,29,31,33)/b19-10+. The van der Waals surface area contributed by atoms with Crippen LogP contribution in [0.2, 0.25) is 5.02 Å². The van der Waals surface area contributed by atoms with Gasteiger partial charge in [0.2, 0.25) is 0 Å². The Balaban J connectivity index is 1.70. The van der Waals surface area contributed by atoms with Crippen LogP contribution in [0.15, 0.2) is 79.7 Å². The Kier molecular flexibility index (Phi) is 7.57. The van der Waals surface area contributed by atoms with Gasteiger partial charge in [-0.15, -0.1) is 0 Å².